The van der Waals surface area contributed by atoms with Crippen molar-refractivity contribution in [1.29, 1.82) is 0 Å². The van der Waals surface area contributed by atoms with Crippen LogP contribution in [0.5, 0.6) is 0 Å². The van der Waals surface area contributed by atoms with E-state index >= 15 is 0 Å². The molecule has 23 heavy (non-hydrogen) atoms. The van der Waals surface area contributed by atoms with Gasteiger partial charge in [-0.2, -0.15) is 0 Å². The van der Waals surface area contributed by atoms with E-state index in [0.717, 1.165) is 17.9 Å². The summed E-state index contributed by atoms with van der Waals surface area (Å²) in [5.41, 5.74) is 0.0972. The van der Waals surface area contributed by atoms with Gasteiger partial charge in [0.05, 0.1) is 12.0 Å². The Morgan fingerprint density at radius 1 is 1.39 bits per heavy atom. The monoisotopic (exact) mass is 335 g/mol. The van der Waals surface area contributed by atoms with Gasteiger partial charge >= 0.3 is 5.97 Å². The number of aliphatic hydroxyl groups excluding tert-OH is 1. The topological polar surface area (TPSA) is 81.7 Å². The molecule has 3 rings (SSSR count). The molecule has 1 aromatic heterocycles. The van der Waals surface area contributed by atoms with Crippen LogP contribution in [0.15, 0.2) is 41.2 Å². The summed E-state index contributed by atoms with van der Waals surface area (Å²) >= 11 is 1.41. The van der Waals surface area contributed by atoms with Crippen molar-refractivity contribution in [3.05, 3.63) is 41.2 Å². The number of carboxylic acids is 1. The van der Waals surface area contributed by atoms with Gasteiger partial charge in [0.25, 0.3) is 0 Å². The predicted octanol–water partition coefficient (Wildman–Crippen LogP) is 0.963. The maximum absolute atomic E-state index is 12.1. The summed E-state index contributed by atoms with van der Waals surface area (Å²) in [6.45, 7) is 2.36. The maximum atomic E-state index is 12.1. The largest absolute Gasteiger partial charge is 0.477 e. The second kappa shape index (κ2) is 6.33. The van der Waals surface area contributed by atoms with Crippen LogP contribution in [0.4, 0.5) is 0 Å². The number of allylic oxidation sites excluding steroid dienone is 1. The number of aliphatic carboxylic acids is 1. The van der Waals surface area contributed by atoms with Gasteiger partial charge in [0.2, 0.25) is 5.91 Å². The first-order valence-electron chi connectivity index (χ1n) is 7.59. The summed E-state index contributed by atoms with van der Waals surface area (Å²) in [6, 6.07) is 5.84. The molecule has 6 nitrogen and oxygen atoms in total. The lowest BCUT2D eigenvalue weighted by molar-refractivity contribution is -0.697. The van der Waals surface area contributed by atoms with Gasteiger partial charge in [0.1, 0.15) is 17.6 Å². The van der Waals surface area contributed by atoms with Gasteiger partial charge in [-0.1, -0.05) is 6.07 Å². The van der Waals surface area contributed by atoms with Crippen molar-refractivity contribution >= 4 is 23.6 Å². The van der Waals surface area contributed by atoms with Crippen LogP contribution >= 0.6 is 11.8 Å². The van der Waals surface area contributed by atoms with Gasteiger partial charge in [0, 0.05) is 23.5 Å². The van der Waals surface area contributed by atoms with E-state index in [1.165, 1.54) is 16.7 Å². The van der Waals surface area contributed by atoms with E-state index in [1.54, 1.807) is 6.92 Å². The van der Waals surface area contributed by atoms with Crippen molar-refractivity contribution in [2.45, 2.75) is 37.8 Å². The van der Waals surface area contributed by atoms with E-state index in [1.807, 2.05) is 35.2 Å². The third-order valence-electron chi connectivity index (χ3n) is 4.17. The zero-order valence-corrected chi connectivity index (χ0v) is 13.6. The van der Waals surface area contributed by atoms with Crippen LogP contribution < -0.4 is 4.57 Å². The molecule has 3 atom stereocenters. The number of carbonyl (C=O) groups is 2. The maximum Gasteiger partial charge on any atom is 0.353 e. The SMILES string of the molecule is C[C@@H](O)[C@H]1C(=O)N2C(C(=O)O)=C(CCC[n+]3ccccc3)S[C@H]12. The molecular weight excluding hydrogens is 316 g/mol. The van der Waals surface area contributed by atoms with Crippen LogP contribution in [0.1, 0.15) is 19.8 Å². The quantitative estimate of drug-likeness (QED) is 0.598. The number of amides is 1. The average molecular weight is 335 g/mol. The third kappa shape index (κ3) is 2.86. The zero-order chi connectivity index (χ0) is 16.6. The van der Waals surface area contributed by atoms with Gasteiger partial charge in [-0.15, -0.1) is 11.8 Å². The number of rotatable bonds is 6. The molecule has 2 aliphatic rings. The molecule has 0 aromatic carbocycles. The summed E-state index contributed by atoms with van der Waals surface area (Å²) in [5.74, 6) is -1.86. The van der Waals surface area contributed by atoms with Crippen LogP contribution in [-0.2, 0) is 16.1 Å². The van der Waals surface area contributed by atoms with E-state index in [-0.39, 0.29) is 17.0 Å². The first-order valence-corrected chi connectivity index (χ1v) is 8.47. The Hall–Kier alpha value is -1.86. The number of carboxylic acid groups (broad SMARTS) is 1. The molecule has 1 amide bonds. The lowest BCUT2D eigenvalue weighted by Gasteiger charge is -2.43. The molecule has 0 bridgehead atoms. The molecule has 7 heteroatoms. The van der Waals surface area contributed by atoms with Crippen molar-refractivity contribution in [1.82, 2.24) is 4.90 Å². The lowest BCUT2D eigenvalue weighted by atomic mass is 9.92. The number of thioether (sulfide) groups is 1. The summed E-state index contributed by atoms with van der Waals surface area (Å²) in [5, 5.41) is 18.9. The molecule has 122 valence electrons. The Bertz CT molecular complexity index is 659. The Morgan fingerprint density at radius 3 is 2.70 bits per heavy atom. The number of aliphatic hydroxyl groups is 1. The van der Waals surface area contributed by atoms with E-state index in [4.69, 9.17) is 0 Å². The number of pyridine rings is 1. The highest BCUT2D eigenvalue weighted by molar-refractivity contribution is 8.04. The molecule has 1 fully saturated rings. The average Bonchev–Trinajstić information content (AvgIpc) is 2.82. The molecular formula is C16H19N2O4S+. The third-order valence-corrected chi connectivity index (χ3v) is 5.60. The van der Waals surface area contributed by atoms with E-state index < -0.39 is 18.0 Å². The molecule has 1 aromatic rings. The van der Waals surface area contributed by atoms with Gasteiger partial charge < -0.3 is 10.2 Å². The lowest BCUT2D eigenvalue weighted by Crippen LogP contribution is -2.60. The number of fused-ring (bicyclic) bond motifs is 1. The minimum absolute atomic E-state index is 0.0972. The Morgan fingerprint density at radius 2 is 2.09 bits per heavy atom. The molecule has 0 radical (unpaired) electrons. The van der Waals surface area contributed by atoms with Crippen molar-refractivity contribution in [2.75, 3.05) is 0 Å². The Balaban J connectivity index is 1.69. The Kier molecular flexibility index (Phi) is 4.41. The van der Waals surface area contributed by atoms with Gasteiger partial charge in [-0.05, 0) is 13.3 Å². The summed E-state index contributed by atoms with van der Waals surface area (Å²) in [7, 11) is 0. The fourth-order valence-corrected chi connectivity index (χ4v) is 4.69. The smallest absolute Gasteiger partial charge is 0.353 e. The number of nitrogens with zero attached hydrogens (tertiary/aromatic N) is 2. The summed E-state index contributed by atoms with van der Waals surface area (Å²) in [4.78, 5) is 25.7. The van der Waals surface area contributed by atoms with E-state index in [9.17, 15) is 19.8 Å². The second-order valence-electron chi connectivity index (χ2n) is 5.78. The fraction of sp³-hybridized carbons (Fsp3) is 0.438. The zero-order valence-electron chi connectivity index (χ0n) is 12.8. The molecule has 3 heterocycles. The first kappa shape index (κ1) is 16.0. The molecule has 0 aliphatic carbocycles. The summed E-state index contributed by atoms with van der Waals surface area (Å²) in [6.07, 6.45) is 4.58. The first-order chi connectivity index (χ1) is 11.0. The minimum Gasteiger partial charge on any atom is -0.477 e. The van der Waals surface area contributed by atoms with Crippen molar-refractivity contribution in [3.63, 3.8) is 0 Å². The summed E-state index contributed by atoms with van der Waals surface area (Å²) < 4.78 is 2.04. The highest BCUT2D eigenvalue weighted by Crippen LogP contribution is 2.51. The fourth-order valence-electron chi connectivity index (χ4n) is 3.04. The molecule has 0 unspecified atom stereocenters. The van der Waals surface area contributed by atoms with Gasteiger partial charge in [-0.3, -0.25) is 9.69 Å². The van der Waals surface area contributed by atoms with Gasteiger partial charge in [-0.25, -0.2) is 9.36 Å². The van der Waals surface area contributed by atoms with E-state index in [2.05, 4.69) is 0 Å². The minimum atomic E-state index is -1.07. The van der Waals surface area contributed by atoms with E-state index in [0.29, 0.717) is 6.42 Å². The van der Waals surface area contributed by atoms with Crippen molar-refractivity contribution in [2.24, 2.45) is 5.92 Å². The van der Waals surface area contributed by atoms with Crippen LogP contribution in [0.25, 0.3) is 0 Å². The Labute approximate surface area is 138 Å². The highest BCUT2D eigenvalue weighted by Gasteiger charge is 2.57. The standard InChI is InChI=1S/C16H18N2O4S/c1-10(19)12-14(20)18-13(16(21)22)11(23-15(12)18)6-5-9-17-7-3-2-4-8-17/h2-4,7-8,10,12,15,19H,5-6,9H2,1H3/p+1/t10-,12+,15-/m1/s1. The molecule has 1 saturated heterocycles. The highest BCUT2D eigenvalue weighted by atomic mass is 32.2. The number of aromatic nitrogens is 1. The van der Waals surface area contributed by atoms with Gasteiger partial charge in [0.15, 0.2) is 12.4 Å². The number of aryl methyl sites for hydroxylation is 1. The molecule has 0 spiro atoms. The molecule has 2 N–H and O–H groups in total. The number of β-lactam (4-membered cyclic amide) rings is 1. The van der Waals surface area contributed by atoms with Crippen LogP contribution in [0, 0.1) is 5.92 Å². The van der Waals surface area contributed by atoms with Crippen LogP contribution in [0.2, 0.25) is 0 Å². The predicted molar refractivity (Wildman–Crippen MR) is 83.9 cm³/mol. The number of hydrogen-bond acceptors (Lipinski definition) is 4. The second-order valence-corrected chi connectivity index (χ2v) is 6.99. The normalized spacial score (nSPS) is 24.4. The van der Waals surface area contributed by atoms with Crippen molar-refractivity contribution < 1.29 is 24.4 Å². The van der Waals surface area contributed by atoms with Crippen LogP contribution in [0.3, 0.4) is 0 Å². The van der Waals surface area contributed by atoms with Crippen LogP contribution in [-0.4, -0.2) is 38.5 Å². The number of hydrogen-bond donors (Lipinski definition) is 2. The molecule has 0 saturated carbocycles. The number of carbonyl (C=O) groups excluding carboxylic acids is 1. The molecule has 2 aliphatic heterocycles. The van der Waals surface area contributed by atoms with Crippen molar-refractivity contribution in [3.8, 4) is 0 Å².